The van der Waals surface area contributed by atoms with Gasteiger partial charge in [-0.05, 0) is 63.7 Å². The fourth-order valence-corrected chi connectivity index (χ4v) is 6.00. The lowest BCUT2D eigenvalue weighted by Gasteiger charge is -2.38. The molecule has 5 heteroatoms. The SMILES string of the molecule is O=C(CCCCn1c(O)c2c(c1O)C1C=CC2CC1)N1CCCC2CCCC=C21. The van der Waals surface area contributed by atoms with E-state index in [1.807, 2.05) is 4.90 Å². The lowest BCUT2D eigenvalue weighted by molar-refractivity contribution is -0.130. The monoisotopic (exact) mass is 396 g/mol. The second-order valence-electron chi connectivity index (χ2n) is 9.20. The van der Waals surface area contributed by atoms with Gasteiger partial charge in [0.15, 0.2) is 11.8 Å². The van der Waals surface area contributed by atoms with Gasteiger partial charge in [-0.15, -0.1) is 0 Å². The summed E-state index contributed by atoms with van der Waals surface area (Å²) in [7, 11) is 0. The summed E-state index contributed by atoms with van der Waals surface area (Å²) in [5.41, 5.74) is 3.14. The van der Waals surface area contributed by atoms with Crippen LogP contribution in [0.4, 0.5) is 0 Å². The largest absolute Gasteiger partial charge is 0.494 e. The Balaban J connectivity index is 1.19. The van der Waals surface area contributed by atoms with Crippen molar-refractivity contribution >= 4 is 5.91 Å². The van der Waals surface area contributed by atoms with Gasteiger partial charge in [0.05, 0.1) is 0 Å². The summed E-state index contributed by atoms with van der Waals surface area (Å²) >= 11 is 0. The predicted octanol–water partition coefficient (Wildman–Crippen LogP) is 4.91. The first-order chi connectivity index (χ1) is 14.1. The van der Waals surface area contributed by atoms with Crippen LogP contribution in [-0.4, -0.2) is 32.1 Å². The molecule has 1 amide bonds. The van der Waals surface area contributed by atoms with Crippen LogP contribution in [0.2, 0.25) is 0 Å². The van der Waals surface area contributed by atoms with Crippen molar-refractivity contribution in [2.75, 3.05) is 6.54 Å². The summed E-state index contributed by atoms with van der Waals surface area (Å²) < 4.78 is 1.66. The second-order valence-corrected chi connectivity index (χ2v) is 9.20. The van der Waals surface area contributed by atoms with Gasteiger partial charge in [0.1, 0.15) is 0 Å². The zero-order chi connectivity index (χ0) is 20.0. The number of aromatic hydroxyl groups is 2. The minimum absolute atomic E-state index is 0.231. The molecule has 0 spiro atoms. The van der Waals surface area contributed by atoms with Crippen LogP contribution in [0, 0.1) is 5.92 Å². The van der Waals surface area contributed by atoms with E-state index in [-0.39, 0.29) is 29.5 Å². The molecule has 1 aliphatic heterocycles. The number of allylic oxidation sites excluding steroid dienone is 4. The molecule has 2 bridgehead atoms. The van der Waals surface area contributed by atoms with E-state index in [2.05, 4.69) is 18.2 Å². The van der Waals surface area contributed by atoms with Gasteiger partial charge in [-0.25, -0.2) is 0 Å². The molecule has 1 saturated heterocycles. The fourth-order valence-electron chi connectivity index (χ4n) is 6.00. The summed E-state index contributed by atoms with van der Waals surface area (Å²) in [4.78, 5) is 14.9. The number of carbonyl (C=O) groups excluding carboxylic acids is 1. The summed E-state index contributed by atoms with van der Waals surface area (Å²) in [6.45, 7) is 1.42. The number of unbranched alkanes of at least 4 members (excludes halogenated alkanes) is 1. The van der Waals surface area contributed by atoms with Crippen molar-refractivity contribution in [1.29, 1.82) is 0 Å². The first kappa shape index (κ1) is 18.8. The molecule has 0 aromatic carbocycles. The molecule has 2 N–H and O–H groups in total. The Kier molecular flexibility index (Phi) is 4.92. The van der Waals surface area contributed by atoms with E-state index in [0.29, 0.717) is 18.9 Å². The molecule has 3 atom stereocenters. The maximum Gasteiger partial charge on any atom is 0.226 e. The lowest BCUT2D eigenvalue weighted by atomic mass is 9.73. The quantitative estimate of drug-likeness (QED) is 0.549. The van der Waals surface area contributed by atoms with Crippen LogP contribution in [0.15, 0.2) is 23.9 Å². The van der Waals surface area contributed by atoms with Crippen LogP contribution in [0.25, 0.3) is 0 Å². The molecule has 0 saturated carbocycles. The van der Waals surface area contributed by atoms with Gasteiger partial charge in [-0.2, -0.15) is 0 Å². The fraction of sp³-hybridized carbons (Fsp3) is 0.625. The van der Waals surface area contributed by atoms with Crippen LogP contribution in [0.3, 0.4) is 0 Å². The van der Waals surface area contributed by atoms with Crippen LogP contribution in [-0.2, 0) is 11.3 Å². The molecule has 29 heavy (non-hydrogen) atoms. The summed E-state index contributed by atoms with van der Waals surface area (Å²) in [6, 6.07) is 0. The van der Waals surface area contributed by atoms with Crippen molar-refractivity contribution < 1.29 is 15.0 Å². The molecule has 6 rings (SSSR count). The Morgan fingerprint density at radius 2 is 1.66 bits per heavy atom. The smallest absolute Gasteiger partial charge is 0.226 e. The molecule has 1 fully saturated rings. The highest BCUT2D eigenvalue weighted by atomic mass is 16.3. The third-order valence-electron chi connectivity index (χ3n) is 7.49. The molecular formula is C24H32N2O3. The van der Waals surface area contributed by atoms with E-state index in [4.69, 9.17) is 0 Å². The molecular weight excluding hydrogens is 364 g/mol. The molecule has 2 heterocycles. The normalized spacial score (nSPS) is 27.5. The average molecular weight is 397 g/mol. The molecule has 3 unspecified atom stereocenters. The van der Waals surface area contributed by atoms with Gasteiger partial charge in [0, 0.05) is 48.2 Å². The highest BCUT2D eigenvalue weighted by Crippen LogP contribution is 2.53. The molecule has 156 valence electrons. The van der Waals surface area contributed by atoms with Gasteiger partial charge in [0.2, 0.25) is 5.91 Å². The molecule has 1 aromatic heterocycles. The van der Waals surface area contributed by atoms with Crippen molar-refractivity contribution in [1.82, 2.24) is 9.47 Å². The zero-order valence-corrected chi connectivity index (χ0v) is 17.1. The van der Waals surface area contributed by atoms with Crippen molar-refractivity contribution in [3.8, 4) is 11.8 Å². The Hall–Kier alpha value is -2.17. The molecule has 0 radical (unpaired) electrons. The maximum atomic E-state index is 12.8. The second kappa shape index (κ2) is 7.58. The van der Waals surface area contributed by atoms with Crippen molar-refractivity contribution in [2.45, 2.75) is 82.6 Å². The van der Waals surface area contributed by atoms with Crippen molar-refractivity contribution in [3.05, 3.63) is 35.1 Å². The van der Waals surface area contributed by atoms with Gasteiger partial charge in [0.25, 0.3) is 0 Å². The number of hydrogen-bond acceptors (Lipinski definition) is 3. The minimum atomic E-state index is 0.231. The number of nitrogens with zero attached hydrogens (tertiary/aromatic N) is 2. The number of hydrogen-bond donors (Lipinski definition) is 2. The van der Waals surface area contributed by atoms with Gasteiger partial charge in [-0.3, -0.25) is 9.36 Å². The summed E-state index contributed by atoms with van der Waals surface area (Å²) in [6.07, 6.45) is 16.7. The maximum absolute atomic E-state index is 12.8. The molecule has 5 nitrogen and oxygen atoms in total. The number of fused-ring (bicyclic) bond motifs is 2. The zero-order valence-electron chi connectivity index (χ0n) is 17.1. The highest BCUT2D eigenvalue weighted by Gasteiger charge is 2.37. The van der Waals surface area contributed by atoms with Crippen LogP contribution in [0.1, 0.15) is 87.2 Å². The highest BCUT2D eigenvalue weighted by molar-refractivity contribution is 5.78. The van der Waals surface area contributed by atoms with Crippen molar-refractivity contribution in [3.63, 3.8) is 0 Å². The van der Waals surface area contributed by atoms with Gasteiger partial charge in [-0.1, -0.05) is 18.2 Å². The van der Waals surface area contributed by atoms with E-state index in [1.165, 1.54) is 25.0 Å². The van der Waals surface area contributed by atoms with E-state index in [1.54, 1.807) is 4.57 Å². The average Bonchev–Trinajstić information content (AvgIpc) is 3.04. The topological polar surface area (TPSA) is 65.7 Å². The molecule has 5 aliphatic rings. The Labute approximate surface area is 172 Å². The molecule has 4 aliphatic carbocycles. The van der Waals surface area contributed by atoms with Crippen LogP contribution in [0.5, 0.6) is 11.8 Å². The van der Waals surface area contributed by atoms with E-state index in [9.17, 15) is 15.0 Å². The van der Waals surface area contributed by atoms with Crippen molar-refractivity contribution in [2.24, 2.45) is 5.92 Å². The number of rotatable bonds is 5. The lowest BCUT2D eigenvalue weighted by Crippen LogP contribution is -2.38. The Morgan fingerprint density at radius 1 is 0.966 bits per heavy atom. The third kappa shape index (κ3) is 3.19. The number of amides is 1. The Bertz CT molecular complexity index is 828. The van der Waals surface area contributed by atoms with Gasteiger partial charge >= 0.3 is 0 Å². The number of piperidine rings is 1. The van der Waals surface area contributed by atoms with E-state index in [0.717, 1.165) is 56.2 Å². The van der Waals surface area contributed by atoms with Gasteiger partial charge < -0.3 is 15.1 Å². The minimum Gasteiger partial charge on any atom is -0.494 e. The first-order valence-corrected chi connectivity index (χ1v) is 11.5. The number of carbonyl (C=O) groups is 1. The van der Waals surface area contributed by atoms with E-state index >= 15 is 0 Å². The number of likely N-dealkylation sites (tertiary alicyclic amines) is 1. The predicted molar refractivity (Wildman–Crippen MR) is 112 cm³/mol. The number of aromatic nitrogens is 1. The van der Waals surface area contributed by atoms with Crippen LogP contribution >= 0.6 is 0 Å². The summed E-state index contributed by atoms with van der Waals surface area (Å²) in [5, 5.41) is 21.4. The summed E-state index contributed by atoms with van der Waals surface area (Å²) in [5.74, 6) is 1.76. The third-order valence-corrected chi connectivity index (χ3v) is 7.49. The first-order valence-electron chi connectivity index (χ1n) is 11.5. The Morgan fingerprint density at radius 3 is 2.34 bits per heavy atom. The van der Waals surface area contributed by atoms with E-state index < -0.39 is 0 Å². The standard InChI is InChI=1S/C24H32N2O3/c27-20(25-15-5-7-16-6-1-2-8-19(16)25)9-3-4-14-26-23(28)21-17-10-11-18(13-12-17)22(21)24(26)29/h8,10-11,16-18,28-29H,1-7,9,12-15H2. The molecule has 1 aromatic rings. The van der Waals surface area contributed by atoms with Crippen LogP contribution < -0.4 is 0 Å².